The van der Waals surface area contributed by atoms with Gasteiger partial charge in [0.2, 0.25) is 5.88 Å². The van der Waals surface area contributed by atoms with E-state index in [0.717, 1.165) is 33.3 Å². The average Bonchev–Trinajstić information content (AvgIpc) is 3.51. The van der Waals surface area contributed by atoms with Crippen LogP contribution in [0.5, 0.6) is 5.88 Å². The van der Waals surface area contributed by atoms with Crippen LogP contribution in [-0.4, -0.2) is 26.8 Å². The van der Waals surface area contributed by atoms with Crippen molar-refractivity contribution in [3.05, 3.63) is 88.2 Å². The molecular weight excluding hydrogens is 430 g/mol. The summed E-state index contributed by atoms with van der Waals surface area (Å²) in [5.74, 6) is 0.967. The van der Waals surface area contributed by atoms with Gasteiger partial charge in [0.25, 0.3) is 0 Å². The van der Waals surface area contributed by atoms with Crippen LogP contribution in [0.25, 0.3) is 11.2 Å². The van der Waals surface area contributed by atoms with Crippen LogP contribution in [0.2, 0.25) is 0 Å². The van der Waals surface area contributed by atoms with Crippen molar-refractivity contribution in [3.63, 3.8) is 0 Å². The molecule has 176 valence electrons. The first-order valence-electron chi connectivity index (χ1n) is 11.3. The maximum absolute atomic E-state index is 12.6. The number of nitrogens with one attached hydrogen (secondary N) is 4. The Hall–Kier alpha value is -3.34. The van der Waals surface area contributed by atoms with Crippen molar-refractivity contribution in [2.75, 3.05) is 7.11 Å². The summed E-state index contributed by atoms with van der Waals surface area (Å²) in [6.07, 6.45) is -0.262. The van der Waals surface area contributed by atoms with Crippen LogP contribution >= 0.6 is 0 Å². The van der Waals surface area contributed by atoms with Gasteiger partial charge in [0.15, 0.2) is 17.1 Å². The van der Waals surface area contributed by atoms with E-state index in [1.54, 1.807) is 7.11 Å². The Morgan fingerprint density at radius 3 is 2.09 bits per heavy atom. The molecule has 2 aromatic carbocycles. The molecule has 0 unspecified atom stereocenters. The quantitative estimate of drug-likeness (QED) is 0.299. The summed E-state index contributed by atoms with van der Waals surface area (Å²) < 4.78 is 7.61. The maximum Gasteiger partial charge on any atom is 0.221 e. The molecule has 34 heavy (non-hydrogen) atoms. The molecule has 0 amide bonds. The Balaban J connectivity index is 1.82. The molecule has 9 nitrogen and oxygen atoms in total. The highest BCUT2D eigenvalue weighted by molar-refractivity contribution is 5.75. The van der Waals surface area contributed by atoms with E-state index in [-0.39, 0.29) is 6.17 Å². The number of ether oxygens (including phenoxy) is 1. The van der Waals surface area contributed by atoms with Crippen LogP contribution in [0.3, 0.4) is 0 Å². The molecule has 0 atom stereocenters. The van der Waals surface area contributed by atoms with Gasteiger partial charge in [-0.25, -0.2) is 15.8 Å². The molecular formula is C25H29N7O2. The number of imidazole rings is 1. The van der Waals surface area contributed by atoms with Gasteiger partial charge < -0.3 is 14.4 Å². The number of aryl methyl sites for hydroxylation is 3. The van der Waals surface area contributed by atoms with E-state index < -0.39 is 5.60 Å². The van der Waals surface area contributed by atoms with Crippen LogP contribution in [0, 0.1) is 13.8 Å². The standard InChI is InChI=1S/C25H29N7O2/c1-5-32-20-14-17(21-28-30-31-29-21)23(34-4)26-22(20)27-24(32)25(33,18-12-8-6-10-15(18)2)19-13-9-7-11-16(19)3/h6-14,21,28-31,33H,5H2,1-4H3. The van der Waals surface area contributed by atoms with Gasteiger partial charge in [-0.3, -0.25) is 0 Å². The zero-order chi connectivity index (χ0) is 23.9. The number of hydrogen-bond acceptors (Lipinski definition) is 8. The summed E-state index contributed by atoms with van der Waals surface area (Å²) in [4.78, 5) is 9.63. The summed E-state index contributed by atoms with van der Waals surface area (Å²) in [6.45, 7) is 6.66. The second-order valence-electron chi connectivity index (χ2n) is 8.42. The molecule has 1 aliphatic rings. The normalized spacial score (nSPS) is 14.7. The minimum absolute atomic E-state index is 0.262. The van der Waals surface area contributed by atoms with Gasteiger partial charge in [0.1, 0.15) is 6.17 Å². The molecule has 4 aromatic rings. The smallest absolute Gasteiger partial charge is 0.221 e. The van der Waals surface area contributed by atoms with Crippen molar-refractivity contribution < 1.29 is 9.84 Å². The molecule has 0 spiro atoms. The number of nitrogens with zero attached hydrogens (tertiary/aromatic N) is 3. The molecule has 1 aliphatic heterocycles. The molecule has 5 rings (SSSR count). The highest BCUT2D eigenvalue weighted by Crippen LogP contribution is 2.41. The number of aromatic nitrogens is 3. The number of rotatable bonds is 6. The van der Waals surface area contributed by atoms with Crippen molar-refractivity contribution in [2.45, 2.75) is 39.1 Å². The fraction of sp³-hybridized carbons (Fsp3) is 0.280. The SMILES string of the molecule is CCn1c(C(O)(c2ccccc2C)c2ccccc2C)nc2nc(OC)c(C3NNNN3)cc21. The summed E-state index contributed by atoms with van der Waals surface area (Å²) in [5, 5.41) is 12.6. The van der Waals surface area contributed by atoms with Crippen molar-refractivity contribution >= 4 is 11.2 Å². The van der Waals surface area contributed by atoms with Crippen molar-refractivity contribution in [1.29, 1.82) is 0 Å². The Bertz CT molecular complexity index is 1300. The summed E-state index contributed by atoms with van der Waals surface area (Å²) in [6, 6.07) is 17.8. The molecule has 1 saturated heterocycles. The van der Waals surface area contributed by atoms with E-state index in [2.05, 4.69) is 21.9 Å². The van der Waals surface area contributed by atoms with Gasteiger partial charge in [-0.1, -0.05) is 48.5 Å². The van der Waals surface area contributed by atoms with E-state index in [1.165, 1.54) is 0 Å². The van der Waals surface area contributed by atoms with Crippen LogP contribution in [0.15, 0.2) is 54.6 Å². The Labute approximate surface area is 198 Å². The first-order chi connectivity index (χ1) is 16.5. The fourth-order valence-corrected chi connectivity index (χ4v) is 4.77. The number of hydrogen-bond donors (Lipinski definition) is 5. The van der Waals surface area contributed by atoms with E-state index in [4.69, 9.17) is 14.7 Å². The highest BCUT2D eigenvalue weighted by atomic mass is 16.5. The number of aliphatic hydroxyl groups is 1. The van der Waals surface area contributed by atoms with E-state index in [0.29, 0.717) is 23.9 Å². The van der Waals surface area contributed by atoms with Crippen molar-refractivity contribution in [1.82, 2.24) is 36.5 Å². The largest absolute Gasteiger partial charge is 0.481 e. The molecule has 0 saturated carbocycles. The molecule has 9 heteroatoms. The van der Waals surface area contributed by atoms with E-state index in [1.807, 2.05) is 79.9 Å². The predicted octanol–water partition coefficient (Wildman–Crippen LogP) is 2.48. The zero-order valence-corrected chi connectivity index (χ0v) is 19.7. The van der Waals surface area contributed by atoms with Crippen LogP contribution in [-0.2, 0) is 12.1 Å². The van der Waals surface area contributed by atoms with Gasteiger partial charge >= 0.3 is 0 Å². The molecule has 2 aromatic heterocycles. The second-order valence-corrected chi connectivity index (χ2v) is 8.42. The topological polar surface area (TPSA) is 108 Å². The lowest BCUT2D eigenvalue weighted by Gasteiger charge is -2.32. The van der Waals surface area contributed by atoms with Gasteiger partial charge in [-0.05, 0) is 49.1 Å². The third kappa shape index (κ3) is 3.46. The first kappa shape index (κ1) is 22.5. The molecule has 0 bridgehead atoms. The zero-order valence-electron chi connectivity index (χ0n) is 19.7. The highest BCUT2D eigenvalue weighted by Gasteiger charge is 2.41. The third-order valence-corrected chi connectivity index (χ3v) is 6.44. The number of pyridine rings is 1. The fourth-order valence-electron chi connectivity index (χ4n) is 4.77. The number of fused-ring (bicyclic) bond motifs is 1. The minimum Gasteiger partial charge on any atom is -0.481 e. The van der Waals surface area contributed by atoms with Crippen molar-refractivity contribution in [3.8, 4) is 5.88 Å². The van der Waals surface area contributed by atoms with Crippen LogP contribution < -0.4 is 26.7 Å². The molecule has 0 radical (unpaired) electrons. The number of hydrazine groups is 3. The van der Waals surface area contributed by atoms with Gasteiger partial charge in [-0.15, -0.1) is 0 Å². The molecule has 0 aliphatic carbocycles. The third-order valence-electron chi connectivity index (χ3n) is 6.44. The predicted molar refractivity (Wildman–Crippen MR) is 129 cm³/mol. The molecule has 1 fully saturated rings. The van der Waals surface area contributed by atoms with E-state index in [9.17, 15) is 5.11 Å². The Kier molecular flexibility index (Phi) is 5.80. The molecule has 3 heterocycles. The lowest BCUT2D eigenvalue weighted by Crippen LogP contribution is -2.34. The summed E-state index contributed by atoms with van der Waals surface area (Å²) >= 11 is 0. The van der Waals surface area contributed by atoms with Gasteiger partial charge in [-0.2, -0.15) is 16.1 Å². The lowest BCUT2D eigenvalue weighted by atomic mass is 9.81. The number of benzene rings is 2. The Morgan fingerprint density at radius 2 is 1.56 bits per heavy atom. The molecule has 5 N–H and O–H groups in total. The lowest BCUT2D eigenvalue weighted by molar-refractivity contribution is 0.110. The van der Waals surface area contributed by atoms with E-state index >= 15 is 0 Å². The van der Waals surface area contributed by atoms with Gasteiger partial charge in [0, 0.05) is 6.54 Å². The van der Waals surface area contributed by atoms with Crippen LogP contribution in [0.1, 0.15) is 46.7 Å². The summed E-state index contributed by atoms with van der Waals surface area (Å²) in [7, 11) is 1.59. The van der Waals surface area contributed by atoms with Gasteiger partial charge in [0.05, 0.1) is 18.2 Å². The summed E-state index contributed by atoms with van der Waals surface area (Å²) in [5.41, 5.74) is 16.0. The first-order valence-corrected chi connectivity index (χ1v) is 11.3. The van der Waals surface area contributed by atoms with Crippen LogP contribution in [0.4, 0.5) is 0 Å². The number of methoxy groups -OCH3 is 1. The maximum atomic E-state index is 12.6. The Morgan fingerprint density at radius 1 is 0.971 bits per heavy atom. The minimum atomic E-state index is -1.48. The monoisotopic (exact) mass is 459 g/mol. The second kappa shape index (κ2) is 8.79. The van der Waals surface area contributed by atoms with Crippen molar-refractivity contribution in [2.24, 2.45) is 0 Å². The average molecular weight is 460 g/mol.